The quantitative estimate of drug-likeness (QED) is 0.758. The summed E-state index contributed by atoms with van der Waals surface area (Å²) in [5.74, 6) is 0.626. The third-order valence-electron chi connectivity index (χ3n) is 3.94. The molecule has 0 aromatic carbocycles. The zero-order valence-electron chi connectivity index (χ0n) is 10.1. The summed E-state index contributed by atoms with van der Waals surface area (Å²) in [6, 6.07) is 0. The Morgan fingerprint density at radius 2 is 2.14 bits per heavy atom. The van der Waals surface area contributed by atoms with Gasteiger partial charge in [0.05, 0.1) is 5.60 Å². The Bertz CT molecular complexity index is 185. The van der Waals surface area contributed by atoms with Gasteiger partial charge < -0.3 is 10.5 Å². The van der Waals surface area contributed by atoms with E-state index in [9.17, 15) is 0 Å². The van der Waals surface area contributed by atoms with Gasteiger partial charge in [-0.2, -0.15) is 0 Å². The Labute approximate surface area is 88.2 Å². The van der Waals surface area contributed by atoms with Crippen LogP contribution in [0.25, 0.3) is 0 Å². The fourth-order valence-electron chi connectivity index (χ4n) is 2.64. The lowest BCUT2D eigenvalue weighted by Crippen LogP contribution is -2.46. The van der Waals surface area contributed by atoms with Gasteiger partial charge in [0.15, 0.2) is 0 Å². The smallest absolute Gasteiger partial charge is 0.0800 e. The minimum atomic E-state index is -0.113. The highest BCUT2D eigenvalue weighted by Gasteiger charge is 2.39. The summed E-state index contributed by atoms with van der Waals surface area (Å²) in [6.07, 6.45) is 5.17. The summed E-state index contributed by atoms with van der Waals surface area (Å²) in [4.78, 5) is 0. The van der Waals surface area contributed by atoms with Gasteiger partial charge in [-0.15, -0.1) is 0 Å². The van der Waals surface area contributed by atoms with E-state index >= 15 is 0 Å². The van der Waals surface area contributed by atoms with Crippen molar-refractivity contribution in [1.82, 2.24) is 0 Å². The average Bonchev–Trinajstić information content (AvgIpc) is 2.15. The molecule has 2 N–H and O–H groups in total. The third kappa shape index (κ3) is 2.48. The Morgan fingerprint density at radius 3 is 2.57 bits per heavy atom. The van der Waals surface area contributed by atoms with E-state index in [1.165, 1.54) is 25.7 Å². The highest BCUT2D eigenvalue weighted by molar-refractivity contribution is 4.91. The van der Waals surface area contributed by atoms with E-state index in [4.69, 9.17) is 10.5 Å². The fourth-order valence-corrected chi connectivity index (χ4v) is 2.64. The second kappa shape index (κ2) is 4.19. The fraction of sp³-hybridized carbons (Fsp3) is 1.00. The topological polar surface area (TPSA) is 35.2 Å². The minimum absolute atomic E-state index is 0.113. The molecule has 1 rings (SSSR count). The standard InChI is InChI=1S/C12H25NO/c1-11(2)7-5-6-10(8-11)12(3,9-13)14-4/h10H,5-9,13H2,1-4H3. The lowest BCUT2D eigenvalue weighted by atomic mass is 9.67. The van der Waals surface area contributed by atoms with E-state index in [0.29, 0.717) is 17.9 Å². The normalized spacial score (nSPS) is 31.1. The van der Waals surface area contributed by atoms with Gasteiger partial charge in [-0.3, -0.25) is 0 Å². The molecule has 2 atom stereocenters. The van der Waals surface area contributed by atoms with Crippen molar-refractivity contribution in [2.45, 2.75) is 52.1 Å². The van der Waals surface area contributed by atoms with Gasteiger partial charge in [-0.05, 0) is 37.5 Å². The van der Waals surface area contributed by atoms with Crippen molar-refractivity contribution in [3.05, 3.63) is 0 Å². The van der Waals surface area contributed by atoms with Crippen molar-refractivity contribution >= 4 is 0 Å². The molecule has 0 amide bonds. The number of methoxy groups -OCH3 is 1. The number of rotatable bonds is 3. The Hall–Kier alpha value is -0.0800. The lowest BCUT2D eigenvalue weighted by molar-refractivity contribution is -0.0636. The molecule has 2 unspecified atom stereocenters. The maximum absolute atomic E-state index is 5.81. The molecule has 84 valence electrons. The summed E-state index contributed by atoms with van der Waals surface area (Å²) in [5, 5.41) is 0. The van der Waals surface area contributed by atoms with Gasteiger partial charge in [0.1, 0.15) is 0 Å². The first-order valence-corrected chi connectivity index (χ1v) is 5.69. The summed E-state index contributed by atoms with van der Waals surface area (Å²) < 4.78 is 5.59. The lowest BCUT2D eigenvalue weighted by Gasteiger charge is -2.43. The number of ether oxygens (including phenoxy) is 1. The van der Waals surface area contributed by atoms with Gasteiger partial charge >= 0.3 is 0 Å². The van der Waals surface area contributed by atoms with Crippen molar-refractivity contribution in [2.75, 3.05) is 13.7 Å². The molecule has 0 aromatic heterocycles. The molecule has 0 radical (unpaired) electrons. The van der Waals surface area contributed by atoms with E-state index in [0.717, 1.165) is 0 Å². The number of nitrogens with two attached hydrogens (primary N) is 1. The maximum atomic E-state index is 5.81. The van der Waals surface area contributed by atoms with Gasteiger partial charge in [0.25, 0.3) is 0 Å². The Morgan fingerprint density at radius 1 is 1.50 bits per heavy atom. The first kappa shape index (κ1) is 12.0. The van der Waals surface area contributed by atoms with Crippen molar-refractivity contribution < 1.29 is 4.74 Å². The largest absolute Gasteiger partial charge is 0.377 e. The van der Waals surface area contributed by atoms with Crippen LogP contribution in [-0.4, -0.2) is 19.3 Å². The highest BCUT2D eigenvalue weighted by Crippen LogP contribution is 2.43. The Kier molecular flexibility index (Phi) is 3.59. The molecule has 0 aromatic rings. The monoisotopic (exact) mass is 199 g/mol. The molecule has 1 saturated carbocycles. The van der Waals surface area contributed by atoms with Crippen LogP contribution in [0.1, 0.15) is 46.5 Å². The molecule has 14 heavy (non-hydrogen) atoms. The van der Waals surface area contributed by atoms with Crippen LogP contribution in [0.15, 0.2) is 0 Å². The summed E-state index contributed by atoms with van der Waals surface area (Å²) in [7, 11) is 1.79. The first-order chi connectivity index (χ1) is 6.43. The van der Waals surface area contributed by atoms with Crippen LogP contribution in [0.5, 0.6) is 0 Å². The van der Waals surface area contributed by atoms with E-state index in [2.05, 4.69) is 20.8 Å². The van der Waals surface area contributed by atoms with Gasteiger partial charge in [-0.1, -0.05) is 20.3 Å². The second-order valence-corrected chi connectivity index (χ2v) is 5.68. The van der Waals surface area contributed by atoms with Crippen molar-refractivity contribution in [1.29, 1.82) is 0 Å². The molecule has 1 aliphatic rings. The Balaban J connectivity index is 2.67. The molecule has 1 fully saturated rings. The van der Waals surface area contributed by atoms with Crippen LogP contribution in [-0.2, 0) is 4.74 Å². The molecule has 0 bridgehead atoms. The number of hydrogen-bond donors (Lipinski definition) is 1. The van der Waals surface area contributed by atoms with Gasteiger partial charge in [0, 0.05) is 13.7 Å². The molecule has 0 spiro atoms. The van der Waals surface area contributed by atoms with Crippen LogP contribution in [0.2, 0.25) is 0 Å². The molecule has 2 nitrogen and oxygen atoms in total. The second-order valence-electron chi connectivity index (χ2n) is 5.68. The van der Waals surface area contributed by atoms with E-state index in [1.54, 1.807) is 7.11 Å². The van der Waals surface area contributed by atoms with Crippen molar-refractivity contribution in [2.24, 2.45) is 17.1 Å². The molecular weight excluding hydrogens is 174 g/mol. The van der Waals surface area contributed by atoms with Crippen LogP contribution in [0.3, 0.4) is 0 Å². The highest BCUT2D eigenvalue weighted by atomic mass is 16.5. The van der Waals surface area contributed by atoms with Crippen LogP contribution in [0.4, 0.5) is 0 Å². The first-order valence-electron chi connectivity index (χ1n) is 5.69. The summed E-state index contributed by atoms with van der Waals surface area (Å²) >= 11 is 0. The van der Waals surface area contributed by atoms with E-state index in [-0.39, 0.29) is 5.60 Å². The molecular formula is C12H25NO. The predicted octanol–water partition coefficient (Wildman–Crippen LogP) is 2.57. The SMILES string of the molecule is COC(C)(CN)C1CCCC(C)(C)C1. The molecule has 0 aliphatic heterocycles. The van der Waals surface area contributed by atoms with E-state index in [1.807, 2.05) is 0 Å². The number of hydrogen-bond acceptors (Lipinski definition) is 2. The predicted molar refractivity (Wildman–Crippen MR) is 60.2 cm³/mol. The van der Waals surface area contributed by atoms with Gasteiger partial charge in [0.2, 0.25) is 0 Å². The molecule has 2 heteroatoms. The van der Waals surface area contributed by atoms with Crippen molar-refractivity contribution in [3.8, 4) is 0 Å². The summed E-state index contributed by atoms with van der Waals surface area (Å²) in [6.45, 7) is 7.49. The van der Waals surface area contributed by atoms with Crippen LogP contribution < -0.4 is 5.73 Å². The third-order valence-corrected chi connectivity index (χ3v) is 3.94. The molecule has 1 aliphatic carbocycles. The zero-order chi connectivity index (χ0) is 10.8. The van der Waals surface area contributed by atoms with Gasteiger partial charge in [-0.25, -0.2) is 0 Å². The molecule has 0 saturated heterocycles. The maximum Gasteiger partial charge on any atom is 0.0800 e. The van der Waals surface area contributed by atoms with Crippen LogP contribution >= 0.6 is 0 Å². The van der Waals surface area contributed by atoms with Crippen LogP contribution in [0, 0.1) is 11.3 Å². The zero-order valence-corrected chi connectivity index (χ0v) is 10.1. The average molecular weight is 199 g/mol. The van der Waals surface area contributed by atoms with Crippen molar-refractivity contribution in [3.63, 3.8) is 0 Å². The molecule has 0 heterocycles. The summed E-state index contributed by atoms with van der Waals surface area (Å²) in [5.41, 5.74) is 6.17. The van der Waals surface area contributed by atoms with E-state index < -0.39 is 0 Å². The minimum Gasteiger partial charge on any atom is -0.377 e.